The van der Waals surface area contributed by atoms with Crippen LogP contribution in [0.1, 0.15) is 41.1 Å². The number of anilines is 2. The van der Waals surface area contributed by atoms with Crippen molar-refractivity contribution < 1.29 is 9.18 Å². The maximum Gasteiger partial charge on any atom is 0.162 e. The predicted molar refractivity (Wildman–Crippen MR) is 102 cm³/mol. The van der Waals surface area contributed by atoms with Crippen molar-refractivity contribution in [2.45, 2.75) is 31.2 Å². The van der Waals surface area contributed by atoms with Crippen molar-refractivity contribution in [2.75, 3.05) is 30.7 Å². The third kappa shape index (κ3) is 3.31. The van der Waals surface area contributed by atoms with Crippen LogP contribution in [0.5, 0.6) is 0 Å². The maximum absolute atomic E-state index is 13.0. The van der Waals surface area contributed by atoms with Crippen LogP contribution in [0, 0.1) is 5.82 Å². The predicted octanol–water partition coefficient (Wildman–Crippen LogP) is 3.65. The molecule has 2 aromatic carbocycles. The normalized spacial score (nSPS) is 21.7. The van der Waals surface area contributed by atoms with Gasteiger partial charge in [0.1, 0.15) is 5.82 Å². The van der Waals surface area contributed by atoms with Crippen LogP contribution in [0.25, 0.3) is 0 Å². The Bertz CT molecular complexity index is 805. The molecule has 0 saturated carbocycles. The first-order valence-corrected chi connectivity index (χ1v) is 9.28. The van der Waals surface area contributed by atoms with Gasteiger partial charge >= 0.3 is 0 Å². The van der Waals surface area contributed by atoms with Crippen molar-refractivity contribution in [1.82, 2.24) is 4.90 Å². The highest BCUT2D eigenvalue weighted by molar-refractivity contribution is 5.95. The van der Waals surface area contributed by atoms with Crippen molar-refractivity contribution in [3.05, 3.63) is 59.4 Å². The lowest BCUT2D eigenvalue weighted by atomic mass is 9.89. The summed E-state index contributed by atoms with van der Waals surface area (Å²) in [6, 6.07) is 12.4. The van der Waals surface area contributed by atoms with Gasteiger partial charge in [-0.15, -0.1) is 0 Å². The minimum Gasteiger partial charge on any atom is -0.397 e. The lowest BCUT2D eigenvalue weighted by molar-refractivity contribution is 0.0971. The summed E-state index contributed by atoms with van der Waals surface area (Å²) in [4.78, 5) is 14.7. The van der Waals surface area contributed by atoms with Crippen molar-refractivity contribution in [3.63, 3.8) is 0 Å². The fraction of sp³-hybridized carbons (Fsp3) is 0.381. The van der Waals surface area contributed by atoms with Gasteiger partial charge in [-0.3, -0.25) is 4.79 Å². The molecule has 0 bridgehead atoms. The molecule has 1 fully saturated rings. The number of hydrogen-bond acceptors (Lipinski definition) is 4. The number of nitrogen functional groups attached to an aromatic ring is 1. The fourth-order valence-corrected chi connectivity index (χ4v) is 4.20. The van der Waals surface area contributed by atoms with Gasteiger partial charge in [-0.25, -0.2) is 4.39 Å². The molecule has 1 saturated heterocycles. The smallest absolute Gasteiger partial charge is 0.162 e. The topological polar surface area (TPSA) is 58.4 Å². The summed E-state index contributed by atoms with van der Waals surface area (Å²) < 4.78 is 13.0. The second-order valence-corrected chi connectivity index (χ2v) is 7.29. The first-order valence-electron chi connectivity index (χ1n) is 9.28. The third-order valence-electron chi connectivity index (χ3n) is 5.60. The van der Waals surface area contributed by atoms with E-state index < -0.39 is 0 Å². The number of likely N-dealkylation sites (tertiary alicyclic amines) is 1. The van der Waals surface area contributed by atoms with Crippen LogP contribution in [-0.4, -0.2) is 36.4 Å². The van der Waals surface area contributed by atoms with Crippen molar-refractivity contribution in [2.24, 2.45) is 0 Å². The number of carbonyl (C=O) groups excluding carboxylic acids is 1. The first kappa shape index (κ1) is 17.0. The summed E-state index contributed by atoms with van der Waals surface area (Å²) in [5, 5.41) is 3.59. The van der Waals surface area contributed by atoms with E-state index in [1.165, 1.54) is 17.7 Å². The molecule has 136 valence electrons. The number of ketones is 1. The Balaban J connectivity index is 1.32. The third-order valence-corrected chi connectivity index (χ3v) is 5.60. The number of fused-ring (bicyclic) bond motifs is 3. The van der Waals surface area contributed by atoms with E-state index in [1.54, 1.807) is 12.1 Å². The van der Waals surface area contributed by atoms with Gasteiger partial charge in [-0.1, -0.05) is 12.1 Å². The lowest BCUT2D eigenvalue weighted by Gasteiger charge is -2.35. The highest BCUT2D eigenvalue weighted by atomic mass is 19.1. The number of halogens is 1. The van der Waals surface area contributed by atoms with E-state index in [0.29, 0.717) is 23.9 Å². The molecular weight excluding hydrogens is 329 g/mol. The number of para-hydroxylation sites is 1. The van der Waals surface area contributed by atoms with Gasteiger partial charge in [0.25, 0.3) is 0 Å². The summed E-state index contributed by atoms with van der Waals surface area (Å²) >= 11 is 0. The van der Waals surface area contributed by atoms with Crippen LogP contribution in [-0.2, 0) is 0 Å². The molecule has 2 aliphatic rings. The molecule has 0 aromatic heterocycles. The fourth-order valence-electron chi connectivity index (χ4n) is 4.20. The highest BCUT2D eigenvalue weighted by Crippen LogP contribution is 2.42. The van der Waals surface area contributed by atoms with Crippen molar-refractivity contribution >= 4 is 17.2 Å². The largest absolute Gasteiger partial charge is 0.397 e. The molecule has 0 amide bonds. The molecule has 0 unspecified atom stereocenters. The van der Waals surface area contributed by atoms with Gasteiger partial charge in [0.15, 0.2) is 5.78 Å². The summed E-state index contributed by atoms with van der Waals surface area (Å²) in [6.07, 6.45) is 2.41. The van der Waals surface area contributed by atoms with E-state index in [0.717, 1.165) is 43.9 Å². The van der Waals surface area contributed by atoms with Crippen LogP contribution < -0.4 is 11.1 Å². The zero-order valence-corrected chi connectivity index (χ0v) is 14.7. The molecule has 2 heterocycles. The highest BCUT2D eigenvalue weighted by Gasteiger charge is 2.37. The standard InChI is InChI=1S/C21H24FN3O/c22-15-8-6-14(7-9-15)20(26)5-2-11-25-12-10-19-17(13-25)16-3-1-4-18(23)21(16)24-19/h1,3-4,6-9,17,19,24H,2,5,10-13,23H2/t17-,19-/m0/s1. The van der Waals surface area contributed by atoms with E-state index in [4.69, 9.17) is 5.73 Å². The van der Waals surface area contributed by atoms with Gasteiger partial charge in [-0.2, -0.15) is 0 Å². The molecule has 2 aliphatic heterocycles. The Morgan fingerprint density at radius 1 is 1.23 bits per heavy atom. The van der Waals surface area contributed by atoms with Crippen LogP contribution in [0.2, 0.25) is 0 Å². The zero-order chi connectivity index (χ0) is 18.1. The summed E-state index contributed by atoms with van der Waals surface area (Å²) in [6.45, 7) is 2.94. The van der Waals surface area contributed by atoms with Crippen molar-refractivity contribution in [3.8, 4) is 0 Å². The molecule has 2 atom stereocenters. The molecule has 3 N–H and O–H groups in total. The van der Waals surface area contributed by atoms with Gasteiger partial charge in [0.05, 0.1) is 11.4 Å². The minimum atomic E-state index is -0.310. The second kappa shape index (κ2) is 7.08. The van der Waals surface area contributed by atoms with E-state index in [1.807, 2.05) is 12.1 Å². The number of hydrogen-bond donors (Lipinski definition) is 2. The summed E-state index contributed by atoms with van der Waals surface area (Å²) in [5.74, 6) is 0.242. The van der Waals surface area contributed by atoms with Gasteiger partial charge in [0.2, 0.25) is 0 Å². The molecule has 0 aliphatic carbocycles. The van der Waals surface area contributed by atoms with Crippen LogP contribution in [0.15, 0.2) is 42.5 Å². The van der Waals surface area contributed by atoms with E-state index >= 15 is 0 Å². The molecule has 5 heteroatoms. The summed E-state index contributed by atoms with van der Waals surface area (Å²) in [5.41, 5.74) is 9.95. The van der Waals surface area contributed by atoms with E-state index in [2.05, 4.69) is 16.3 Å². The number of nitrogens with one attached hydrogen (secondary N) is 1. The SMILES string of the molecule is Nc1cccc2c1N[C@H]1CCN(CCCC(=O)c3ccc(F)cc3)C[C@@H]21. The maximum atomic E-state index is 13.0. The number of nitrogens with two attached hydrogens (primary N) is 1. The molecule has 2 aromatic rings. The number of Topliss-reactive ketones (excluding diaryl/α,β-unsaturated/α-hetero) is 1. The van der Waals surface area contributed by atoms with E-state index in [9.17, 15) is 9.18 Å². The zero-order valence-electron chi connectivity index (χ0n) is 14.7. The Labute approximate surface area is 153 Å². The molecule has 4 rings (SSSR count). The average molecular weight is 353 g/mol. The molecule has 0 radical (unpaired) electrons. The second-order valence-electron chi connectivity index (χ2n) is 7.29. The number of nitrogens with zero attached hydrogens (tertiary/aromatic N) is 1. The number of carbonyl (C=O) groups is 1. The average Bonchev–Trinajstić information content (AvgIpc) is 3.02. The molecule has 26 heavy (non-hydrogen) atoms. The summed E-state index contributed by atoms with van der Waals surface area (Å²) in [7, 11) is 0. The quantitative estimate of drug-likeness (QED) is 0.636. The Morgan fingerprint density at radius 3 is 2.85 bits per heavy atom. The minimum absolute atomic E-state index is 0.0838. The van der Waals surface area contributed by atoms with Gasteiger partial charge in [-0.05, 0) is 55.3 Å². The Morgan fingerprint density at radius 2 is 2.04 bits per heavy atom. The van der Waals surface area contributed by atoms with Crippen LogP contribution >= 0.6 is 0 Å². The van der Waals surface area contributed by atoms with E-state index in [-0.39, 0.29) is 11.6 Å². The number of piperidine rings is 1. The van der Waals surface area contributed by atoms with Crippen molar-refractivity contribution in [1.29, 1.82) is 0 Å². The van der Waals surface area contributed by atoms with Gasteiger partial charge < -0.3 is 16.0 Å². The lowest BCUT2D eigenvalue weighted by Crippen LogP contribution is -2.42. The van der Waals surface area contributed by atoms with Gasteiger partial charge in [0, 0.05) is 37.0 Å². The number of benzene rings is 2. The monoisotopic (exact) mass is 353 g/mol. The molecule has 4 nitrogen and oxygen atoms in total. The Kier molecular flexibility index (Phi) is 4.64. The molecule has 0 spiro atoms. The first-order chi connectivity index (χ1) is 12.6. The number of rotatable bonds is 5. The Hall–Kier alpha value is -2.40. The molecular formula is C21H24FN3O. The van der Waals surface area contributed by atoms with Crippen LogP contribution in [0.4, 0.5) is 15.8 Å². The van der Waals surface area contributed by atoms with Crippen LogP contribution in [0.3, 0.4) is 0 Å².